The molecule has 0 saturated heterocycles. The second-order valence-corrected chi connectivity index (χ2v) is 10.0. The third-order valence-electron chi connectivity index (χ3n) is 1.79. The van der Waals surface area contributed by atoms with Crippen molar-refractivity contribution in [2.24, 2.45) is 0 Å². The van der Waals surface area contributed by atoms with E-state index >= 15 is 0 Å². The molecule has 0 atom stereocenters. The second kappa shape index (κ2) is 3.88. The molecule has 0 aromatic heterocycles. The van der Waals surface area contributed by atoms with Crippen molar-refractivity contribution in [2.45, 2.75) is 25.7 Å². The molecule has 1 aromatic carbocycles. The Bertz CT molecular complexity index is 285. The largest absolute Gasteiger partial charge is 0.295 e. The Balaban J connectivity index is 2.71. The lowest BCUT2D eigenvalue weighted by molar-refractivity contribution is 0.101. The summed E-state index contributed by atoms with van der Waals surface area (Å²) in [6.45, 7) is 6.65. The normalized spacial score (nSPS) is 11.3. The van der Waals surface area contributed by atoms with E-state index in [0.717, 1.165) is 11.6 Å². The van der Waals surface area contributed by atoms with E-state index in [1.165, 1.54) is 0 Å². The molecule has 1 rings (SSSR count). The number of hydrogen-bond acceptors (Lipinski definition) is 1. The maximum absolute atomic E-state index is 11.7. The fourth-order valence-corrected chi connectivity index (χ4v) is 2.38. The first-order chi connectivity index (χ1) is 5.99. The Labute approximate surface area is 80.8 Å². The fourth-order valence-electron chi connectivity index (χ4n) is 1.21. The maximum Gasteiger partial charge on any atom is 0.160 e. The summed E-state index contributed by atoms with van der Waals surface area (Å²) in [5.41, 5.74) is 0.852. The van der Waals surface area contributed by atoms with Crippen LogP contribution in [0.4, 0.5) is 0 Å². The summed E-state index contributed by atoms with van der Waals surface area (Å²) < 4.78 is 0. The molecule has 0 aliphatic heterocycles. The van der Waals surface area contributed by atoms with E-state index in [-0.39, 0.29) is 0 Å². The van der Waals surface area contributed by atoms with Crippen LogP contribution in [-0.4, -0.2) is 13.9 Å². The summed E-state index contributed by atoms with van der Waals surface area (Å²) in [5.74, 6) is 0.291. The van der Waals surface area contributed by atoms with Crippen molar-refractivity contribution in [3.63, 3.8) is 0 Å². The zero-order chi connectivity index (χ0) is 9.90. The lowest BCUT2D eigenvalue weighted by Crippen LogP contribution is -2.23. The molecule has 1 aromatic rings. The smallest absolute Gasteiger partial charge is 0.160 e. The molecule has 0 bridgehead atoms. The average molecular weight is 192 g/mol. The molecule has 0 saturated carbocycles. The van der Waals surface area contributed by atoms with Gasteiger partial charge in [-0.05, 0) is 0 Å². The highest BCUT2D eigenvalue weighted by Crippen LogP contribution is 2.13. The Morgan fingerprint density at radius 2 is 1.69 bits per heavy atom. The minimum absolute atomic E-state index is 0.291. The van der Waals surface area contributed by atoms with Crippen LogP contribution in [0, 0.1) is 0 Å². The third-order valence-corrected chi connectivity index (χ3v) is 3.17. The quantitative estimate of drug-likeness (QED) is 0.531. The number of rotatable bonds is 3. The molecule has 2 heteroatoms. The van der Waals surface area contributed by atoms with Crippen molar-refractivity contribution >= 4 is 13.9 Å². The Morgan fingerprint density at radius 1 is 1.15 bits per heavy atom. The highest BCUT2D eigenvalue weighted by atomic mass is 28.3. The van der Waals surface area contributed by atoms with Crippen molar-refractivity contribution in [1.82, 2.24) is 0 Å². The van der Waals surface area contributed by atoms with Gasteiger partial charge >= 0.3 is 0 Å². The highest BCUT2D eigenvalue weighted by Gasteiger charge is 2.18. The Kier molecular flexibility index (Phi) is 3.04. The number of benzene rings is 1. The van der Waals surface area contributed by atoms with Crippen LogP contribution in [0.2, 0.25) is 25.7 Å². The van der Waals surface area contributed by atoms with Gasteiger partial charge in [0, 0.05) is 11.6 Å². The average Bonchev–Trinajstić information content (AvgIpc) is 2.03. The van der Waals surface area contributed by atoms with Crippen molar-refractivity contribution in [2.75, 3.05) is 0 Å². The van der Waals surface area contributed by atoms with Gasteiger partial charge in [-0.2, -0.15) is 0 Å². The lowest BCUT2D eigenvalue weighted by Gasteiger charge is -2.13. The topological polar surface area (TPSA) is 17.1 Å². The predicted molar refractivity (Wildman–Crippen MR) is 58.9 cm³/mol. The summed E-state index contributed by atoms with van der Waals surface area (Å²) in [6, 6.07) is 10.3. The van der Waals surface area contributed by atoms with Gasteiger partial charge < -0.3 is 0 Å². The minimum Gasteiger partial charge on any atom is -0.295 e. The van der Waals surface area contributed by atoms with E-state index in [9.17, 15) is 4.79 Å². The van der Waals surface area contributed by atoms with E-state index in [0.29, 0.717) is 5.78 Å². The molecule has 0 fully saturated rings. The van der Waals surface area contributed by atoms with Crippen molar-refractivity contribution in [3.8, 4) is 0 Å². The zero-order valence-corrected chi connectivity index (χ0v) is 9.50. The molecule has 13 heavy (non-hydrogen) atoms. The van der Waals surface area contributed by atoms with Crippen LogP contribution in [0.1, 0.15) is 10.4 Å². The first-order valence-corrected chi connectivity index (χ1v) is 8.28. The third kappa shape index (κ3) is 3.55. The Morgan fingerprint density at radius 3 is 2.15 bits per heavy atom. The predicted octanol–water partition coefficient (Wildman–Crippen LogP) is 3.21. The van der Waals surface area contributed by atoms with Gasteiger partial charge in [0.15, 0.2) is 5.78 Å². The van der Waals surface area contributed by atoms with Crippen molar-refractivity contribution in [3.05, 3.63) is 35.9 Å². The van der Waals surface area contributed by atoms with Crippen LogP contribution in [0.15, 0.2) is 30.3 Å². The van der Waals surface area contributed by atoms with Crippen LogP contribution in [-0.2, 0) is 0 Å². The first kappa shape index (κ1) is 10.2. The van der Waals surface area contributed by atoms with Gasteiger partial charge in [-0.15, -0.1) is 0 Å². The van der Waals surface area contributed by atoms with Crippen LogP contribution in [0.3, 0.4) is 0 Å². The summed E-state index contributed by atoms with van der Waals surface area (Å²) in [5, 5.41) is 0. The van der Waals surface area contributed by atoms with Gasteiger partial charge in [-0.1, -0.05) is 50.0 Å². The molecular weight excluding hydrogens is 176 g/mol. The zero-order valence-electron chi connectivity index (χ0n) is 8.50. The van der Waals surface area contributed by atoms with Gasteiger partial charge in [0.1, 0.15) is 0 Å². The number of ketones is 1. The summed E-state index contributed by atoms with van der Waals surface area (Å²) in [6.07, 6.45) is 0. The molecule has 0 aliphatic carbocycles. The van der Waals surface area contributed by atoms with Gasteiger partial charge in [-0.3, -0.25) is 4.79 Å². The van der Waals surface area contributed by atoms with Crippen LogP contribution in [0.25, 0.3) is 0 Å². The molecule has 0 heterocycles. The molecule has 0 unspecified atom stereocenters. The van der Waals surface area contributed by atoms with Crippen molar-refractivity contribution < 1.29 is 4.79 Å². The Hall–Kier alpha value is -0.893. The van der Waals surface area contributed by atoms with Crippen molar-refractivity contribution in [1.29, 1.82) is 0 Å². The molecule has 0 amide bonds. The SMILES string of the molecule is C[Si](C)(C)CC(=O)c1ccccc1. The van der Waals surface area contributed by atoms with Crippen LogP contribution < -0.4 is 0 Å². The monoisotopic (exact) mass is 192 g/mol. The summed E-state index contributed by atoms with van der Waals surface area (Å²) in [4.78, 5) is 11.7. The number of carbonyl (C=O) groups excluding carboxylic acids is 1. The standard InChI is InChI=1S/C11H16OSi/c1-13(2,3)9-11(12)10-7-5-4-6-8-10/h4-8H,9H2,1-3H3. The van der Waals surface area contributed by atoms with Gasteiger partial charge in [0.2, 0.25) is 0 Å². The second-order valence-electron chi connectivity index (χ2n) is 4.53. The van der Waals surface area contributed by atoms with E-state index in [4.69, 9.17) is 0 Å². The molecule has 1 nitrogen and oxygen atoms in total. The number of Topliss-reactive ketones (excluding diaryl/α,β-unsaturated/α-hetero) is 1. The molecule has 70 valence electrons. The van der Waals surface area contributed by atoms with Gasteiger partial charge in [0.05, 0.1) is 8.07 Å². The fraction of sp³-hybridized carbons (Fsp3) is 0.364. The molecule has 0 radical (unpaired) electrons. The number of hydrogen-bond donors (Lipinski definition) is 0. The van der Waals surface area contributed by atoms with E-state index in [1.54, 1.807) is 0 Å². The lowest BCUT2D eigenvalue weighted by atomic mass is 10.2. The minimum atomic E-state index is -1.25. The molecule has 0 spiro atoms. The summed E-state index contributed by atoms with van der Waals surface area (Å²) >= 11 is 0. The highest BCUT2D eigenvalue weighted by molar-refractivity contribution is 6.79. The molecule has 0 N–H and O–H groups in total. The maximum atomic E-state index is 11.7. The number of carbonyl (C=O) groups is 1. The van der Waals surface area contributed by atoms with Crippen LogP contribution in [0.5, 0.6) is 0 Å². The van der Waals surface area contributed by atoms with E-state index < -0.39 is 8.07 Å². The van der Waals surface area contributed by atoms with Gasteiger partial charge in [-0.25, -0.2) is 0 Å². The molecular formula is C11H16OSi. The molecule has 0 aliphatic rings. The van der Waals surface area contributed by atoms with E-state index in [1.807, 2.05) is 30.3 Å². The van der Waals surface area contributed by atoms with E-state index in [2.05, 4.69) is 19.6 Å². The van der Waals surface area contributed by atoms with Gasteiger partial charge in [0.25, 0.3) is 0 Å². The summed E-state index contributed by atoms with van der Waals surface area (Å²) in [7, 11) is -1.25. The first-order valence-electron chi connectivity index (χ1n) is 4.57. The van der Waals surface area contributed by atoms with Crippen LogP contribution >= 0.6 is 0 Å².